The monoisotopic (exact) mass is 766 g/mol. The van der Waals surface area contributed by atoms with Crippen LogP contribution in [-0.2, 0) is 25.5 Å². The molecule has 4 nitrogen and oxygen atoms in total. The van der Waals surface area contributed by atoms with Gasteiger partial charge in [-0.2, -0.15) is 0 Å². The quantitative estimate of drug-likeness (QED) is 0.136. The van der Waals surface area contributed by atoms with E-state index in [0.717, 1.165) is 61.9 Å². The van der Waals surface area contributed by atoms with E-state index in [0.29, 0.717) is 5.56 Å². The molecule has 0 aliphatic carbocycles. The number of pyridine rings is 2. The van der Waals surface area contributed by atoms with E-state index in [9.17, 15) is 0 Å². The van der Waals surface area contributed by atoms with Crippen LogP contribution in [0.1, 0.15) is 36.0 Å². The van der Waals surface area contributed by atoms with Crippen molar-refractivity contribution in [2.45, 2.75) is 33.0 Å². The van der Waals surface area contributed by atoms with Gasteiger partial charge in [0.2, 0.25) is 6.71 Å². The Bertz CT molecular complexity index is 2010. The number of benzene rings is 4. The van der Waals surface area contributed by atoms with Crippen LogP contribution in [0.15, 0.2) is 116 Å². The van der Waals surface area contributed by atoms with E-state index in [1.807, 2.05) is 72.9 Å². The van der Waals surface area contributed by atoms with Crippen LogP contribution in [0, 0.1) is 19.0 Å². The molecular weight excluding hydrogens is 731 g/mol. The van der Waals surface area contributed by atoms with Crippen molar-refractivity contribution in [1.29, 1.82) is 0 Å². The smallest absolute Gasteiger partial charge is 0.241 e. The number of rotatable bonds is 2. The van der Waals surface area contributed by atoms with Crippen molar-refractivity contribution in [2.75, 3.05) is 0 Å². The van der Waals surface area contributed by atoms with Gasteiger partial charge in [-0.05, 0) is 52.1 Å². The fourth-order valence-electron chi connectivity index (χ4n) is 5.62. The number of ether oxygens (including phenoxy) is 2. The largest absolute Gasteiger partial charge is 0.503 e. The van der Waals surface area contributed by atoms with Crippen molar-refractivity contribution in [3.8, 4) is 45.5 Å². The normalized spacial score (nSPS) is 13.4. The zero-order chi connectivity index (χ0) is 32.8. The van der Waals surface area contributed by atoms with Crippen LogP contribution >= 0.6 is 0 Å². The Labute approximate surface area is 283 Å². The predicted octanol–water partition coefficient (Wildman–Crippen LogP) is 7.43. The molecule has 0 atom stereocenters. The van der Waals surface area contributed by atoms with Gasteiger partial charge in [-0.15, -0.1) is 59.1 Å². The summed E-state index contributed by atoms with van der Waals surface area (Å²) >= 11 is 0. The van der Waals surface area contributed by atoms with Crippen molar-refractivity contribution < 1.29 is 33.7 Å². The SMILES string of the molecule is [2H]C([2H])([2H])c1c[c-]c(-c2ccc(C(C)(C)C)cn2)cc1.[Ir].[c-]1ccc2c(c1-c1ccccn1)Oc1cccc3c1B2c1ccccc1O3. The molecule has 4 heterocycles. The summed E-state index contributed by atoms with van der Waals surface area (Å²) in [5.41, 5.74) is 8.23. The third-order valence-electron chi connectivity index (χ3n) is 7.91. The summed E-state index contributed by atoms with van der Waals surface area (Å²) < 4.78 is 34.6. The van der Waals surface area contributed by atoms with E-state index in [2.05, 4.69) is 61.1 Å². The van der Waals surface area contributed by atoms with Gasteiger partial charge in [0.05, 0.1) is 0 Å². The first-order chi connectivity index (χ1) is 22.6. The molecule has 2 aliphatic rings. The summed E-state index contributed by atoms with van der Waals surface area (Å²) in [5.74, 6) is 3.40. The fraction of sp³-hybridized carbons (Fsp3) is 0.128. The molecule has 2 aromatic heterocycles. The number of aryl methyl sites for hydroxylation is 1. The van der Waals surface area contributed by atoms with Crippen LogP contribution in [0.2, 0.25) is 0 Å². The first-order valence-corrected chi connectivity index (χ1v) is 14.6. The third kappa shape index (κ3) is 5.96. The summed E-state index contributed by atoms with van der Waals surface area (Å²) in [4.78, 5) is 8.94. The number of fused-ring (bicyclic) bond motifs is 4. The molecule has 4 aromatic carbocycles. The zero-order valence-corrected chi connectivity index (χ0v) is 27.5. The predicted molar refractivity (Wildman–Crippen MR) is 178 cm³/mol. The Kier molecular flexibility index (Phi) is 7.45. The van der Waals surface area contributed by atoms with Gasteiger partial charge in [0.1, 0.15) is 17.2 Å². The van der Waals surface area contributed by atoms with Gasteiger partial charge in [-0.3, -0.25) is 0 Å². The van der Waals surface area contributed by atoms with Crippen molar-refractivity contribution in [3.63, 3.8) is 0 Å². The van der Waals surface area contributed by atoms with E-state index < -0.39 is 6.85 Å². The molecule has 223 valence electrons. The standard InChI is InChI=1S/C23H13BNO2.C16H18N.Ir/c1-2-11-19-16(8-1)24-17-9-5-7-15(18-10-3-4-14-25-18)23(17)27-21-13-6-12-20(26-19)22(21)24;1-12-5-7-13(8-6-12)15-10-9-14(11-17-15)16(2,3)4;/h1-6,8-14H;5-7,9-11H,1-4H3;/q2*-1;/i;1D3;. The first kappa shape index (κ1) is 26.9. The number of hydrogen-bond acceptors (Lipinski definition) is 4. The van der Waals surface area contributed by atoms with Gasteiger partial charge in [0.15, 0.2) is 0 Å². The minimum Gasteiger partial charge on any atom is -0.503 e. The second kappa shape index (κ2) is 12.5. The molecule has 45 heavy (non-hydrogen) atoms. The molecular formula is C39H31BIrN2O2-2. The van der Waals surface area contributed by atoms with Gasteiger partial charge in [-0.1, -0.05) is 81.7 Å². The van der Waals surface area contributed by atoms with Crippen LogP contribution in [0.25, 0.3) is 22.5 Å². The Hall–Kier alpha value is -4.51. The molecule has 6 aromatic rings. The van der Waals surface area contributed by atoms with Crippen LogP contribution in [0.3, 0.4) is 0 Å². The molecule has 0 fully saturated rings. The molecule has 0 spiro atoms. The number of nitrogens with zero attached hydrogens (tertiary/aromatic N) is 2. The maximum atomic E-state index is 7.34. The van der Waals surface area contributed by atoms with E-state index >= 15 is 0 Å². The number of hydrogen-bond donors (Lipinski definition) is 0. The van der Waals surface area contributed by atoms with E-state index in [1.54, 1.807) is 18.3 Å². The zero-order valence-electron chi connectivity index (χ0n) is 28.1. The molecule has 0 N–H and O–H groups in total. The average molecular weight is 766 g/mol. The topological polar surface area (TPSA) is 44.2 Å². The van der Waals surface area contributed by atoms with Gasteiger partial charge in [-0.25, -0.2) is 0 Å². The average Bonchev–Trinajstić information content (AvgIpc) is 3.08. The second-order valence-corrected chi connectivity index (χ2v) is 11.9. The van der Waals surface area contributed by atoms with Crippen molar-refractivity contribution in [3.05, 3.63) is 139 Å². The molecule has 8 rings (SSSR count). The van der Waals surface area contributed by atoms with Crippen LogP contribution < -0.4 is 25.9 Å². The molecule has 1 radical (unpaired) electrons. The maximum absolute atomic E-state index is 7.34. The summed E-state index contributed by atoms with van der Waals surface area (Å²) in [5, 5.41) is 0. The van der Waals surface area contributed by atoms with E-state index in [1.165, 1.54) is 11.6 Å². The Morgan fingerprint density at radius 2 is 1.53 bits per heavy atom. The van der Waals surface area contributed by atoms with E-state index in [4.69, 9.17) is 13.6 Å². The van der Waals surface area contributed by atoms with Gasteiger partial charge in [0.25, 0.3) is 0 Å². The summed E-state index contributed by atoms with van der Waals surface area (Å²) in [7, 11) is 0. The minimum atomic E-state index is -2.08. The molecule has 0 saturated heterocycles. The van der Waals surface area contributed by atoms with Crippen molar-refractivity contribution in [1.82, 2.24) is 9.97 Å². The Morgan fingerprint density at radius 1 is 0.733 bits per heavy atom. The Balaban J connectivity index is 0.000000172. The summed E-state index contributed by atoms with van der Waals surface area (Å²) in [6.45, 7) is 4.41. The van der Waals surface area contributed by atoms with Crippen LogP contribution in [-0.4, -0.2) is 16.7 Å². The number of aromatic nitrogens is 2. The van der Waals surface area contributed by atoms with Gasteiger partial charge < -0.3 is 19.4 Å². The molecule has 0 amide bonds. The van der Waals surface area contributed by atoms with Crippen LogP contribution in [0.5, 0.6) is 23.0 Å². The van der Waals surface area contributed by atoms with Gasteiger partial charge in [0, 0.05) is 47.8 Å². The minimum absolute atomic E-state index is 0. The molecule has 6 heteroatoms. The summed E-state index contributed by atoms with van der Waals surface area (Å²) in [6.07, 6.45) is 3.65. The second-order valence-electron chi connectivity index (χ2n) is 11.9. The molecule has 0 bridgehead atoms. The maximum Gasteiger partial charge on any atom is 0.241 e. The van der Waals surface area contributed by atoms with Crippen molar-refractivity contribution in [2.24, 2.45) is 0 Å². The Morgan fingerprint density at radius 3 is 2.24 bits per heavy atom. The first-order valence-electron chi connectivity index (χ1n) is 16.1. The fourth-order valence-corrected chi connectivity index (χ4v) is 5.62. The summed E-state index contributed by atoms with van der Waals surface area (Å²) in [6, 6.07) is 39.3. The van der Waals surface area contributed by atoms with E-state index in [-0.39, 0.29) is 32.2 Å². The molecule has 0 saturated carbocycles. The third-order valence-corrected chi connectivity index (χ3v) is 7.91. The molecule has 2 aliphatic heterocycles. The van der Waals surface area contributed by atoms with Gasteiger partial charge >= 0.3 is 0 Å². The van der Waals surface area contributed by atoms with Crippen LogP contribution in [0.4, 0.5) is 0 Å². The van der Waals surface area contributed by atoms with Crippen molar-refractivity contribution >= 4 is 23.1 Å². The number of para-hydroxylation sites is 1. The molecule has 0 unspecified atom stereocenters.